The Labute approximate surface area is 127 Å². The van der Waals surface area contributed by atoms with Crippen LogP contribution in [0.4, 0.5) is 5.69 Å². The highest BCUT2D eigenvalue weighted by Gasteiger charge is 2.10. The quantitative estimate of drug-likeness (QED) is 0.460. The average molecular weight is 297 g/mol. The maximum absolute atomic E-state index is 12.0. The van der Waals surface area contributed by atoms with Crippen LogP contribution in [0.25, 0.3) is 0 Å². The van der Waals surface area contributed by atoms with Crippen LogP contribution in [0.2, 0.25) is 0 Å². The number of oxime groups is 2. The van der Waals surface area contributed by atoms with E-state index in [4.69, 9.17) is 10.4 Å². The van der Waals surface area contributed by atoms with Crippen LogP contribution in [0.15, 0.2) is 64.9 Å². The van der Waals surface area contributed by atoms with Crippen LogP contribution in [0.3, 0.4) is 0 Å². The standard InChI is InChI=1S/C16H15N3O3/c1-11(18-21)15(19-22)12-7-9-14(10-8-12)17-16(20)13-5-3-2-4-6-13/h2-10,21-22H,1H3,(H,17,20)/b18-11+,19-15+. The molecule has 3 N–H and O–H groups in total. The summed E-state index contributed by atoms with van der Waals surface area (Å²) < 4.78 is 0. The smallest absolute Gasteiger partial charge is 0.255 e. The zero-order chi connectivity index (χ0) is 15.9. The fraction of sp³-hybridized carbons (Fsp3) is 0.0625. The number of nitrogens with one attached hydrogen (secondary N) is 1. The first-order valence-corrected chi connectivity index (χ1v) is 6.53. The molecule has 0 saturated heterocycles. The number of nitrogens with zero attached hydrogens (tertiary/aromatic N) is 2. The van der Waals surface area contributed by atoms with E-state index in [1.807, 2.05) is 6.07 Å². The summed E-state index contributed by atoms with van der Waals surface area (Å²) in [7, 11) is 0. The summed E-state index contributed by atoms with van der Waals surface area (Å²) in [5.41, 5.74) is 2.07. The van der Waals surface area contributed by atoms with Gasteiger partial charge in [0.15, 0.2) is 0 Å². The van der Waals surface area contributed by atoms with Crippen LogP contribution in [0, 0.1) is 0 Å². The first-order chi connectivity index (χ1) is 10.7. The van der Waals surface area contributed by atoms with Gasteiger partial charge < -0.3 is 15.7 Å². The van der Waals surface area contributed by atoms with E-state index >= 15 is 0 Å². The number of carbonyl (C=O) groups is 1. The van der Waals surface area contributed by atoms with Gasteiger partial charge in [0.05, 0.1) is 0 Å². The molecular formula is C16H15N3O3. The number of benzene rings is 2. The van der Waals surface area contributed by atoms with Crippen molar-refractivity contribution >= 4 is 23.0 Å². The second-order valence-electron chi connectivity index (χ2n) is 4.53. The number of carbonyl (C=O) groups excluding carboxylic acids is 1. The first kappa shape index (κ1) is 15.2. The monoisotopic (exact) mass is 297 g/mol. The third kappa shape index (κ3) is 3.49. The topological polar surface area (TPSA) is 94.3 Å². The van der Waals surface area contributed by atoms with Gasteiger partial charge in [0, 0.05) is 16.8 Å². The Morgan fingerprint density at radius 3 is 2.09 bits per heavy atom. The zero-order valence-corrected chi connectivity index (χ0v) is 11.9. The van der Waals surface area contributed by atoms with Gasteiger partial charge >= 0.3 is 0 Å². The Hall–Kier alpha value is -3.15. The molecule has 0 aliphatic rings. The van der Waals surface area contributed by atoms with Gasteiger partial charge in [-0.25, -0.2) is 0 Å². The third-order valence-corrected chi connectivity index (χ3v) is 3.04. The molecule has 6 heteroatoms. The molecule has 0 fully saturated rings. The third-order valence-electron chi connectivity index (χ3n) is 3.04. The Balaban J connectivity index is 2.14. The van der Waals surface area contributed by atoms with Gasteiger partial charge in [-0.2, -0.15) is 0 Å². The SMILES string of the molecule is CC(=N\O)/C(=N\O)c1ccc(NC(=O)c2ccccc2)cc1. The van der Waals surface area contributed by atoms with Crippen LogP contribution in [0.1, 0.15) is 22.8 Å². The van der Waals surface area contributed by atoms with Crippen molar-refractivity contribution < 1.29 is 15.2 Å². The Kier molecular flexibility index (Phi) is 4.87. The van der Waals surface area contributed by atoms with E-state index in [-0.39, 0.29) is 17.3 Å². The largest absolute Gasteiger partial charge is 0.411 e. The van der Waals surface area contributed by atoms with Crippen molar-refractivity contribution in [2.24, 2.45) is 10.3 Å². The van der Waals surface area contributed by atoms with Gasteiger partial charge in [-0.1, -0.05) is 40.6 Å². The molecule has 0 saturated carbocycles. The van der Waals surface area contributed by atoms with Crippen molar-refractivity contribution in [3.8, 4) is 0 Å². The second-order valence-corrected chi connectivity index (χ2v) is 4.53. The van der Waals surface area contributed by atoms with Crippen LogP contribution in [-0.2, 0) is 0 Å². The van der Waals surface area contributed by atoms with Crippen molar-refractivity contribution in [3.05, 3.63) is 65.7 Å². The predicted octanol–water partition coefficient (Wildman–Crippen LogP) is 2.97. The summed E-state index contributed by atoms with van der Waals surface area (Å²) in [5, 5.41) is 26.6. The minimum Gasteiger partial charge on any atom is -0.411 e. The summed E-state index contributed by atoms with van der Waals surface area (Å²) in [4.78, 5) is 12.0. The summed E-state index contributed by atoms with van der Waals surface area (Å²) >= 11 is 0. The van der Waals surface area contributed by atoms with Gasteiger partial charge in [0.1, 0.15) is 11.4 Å². The fourth-order valence-electron chi connectivity index (χ4n) is 1.89. The van der Waals surface area contributed by atoms with Crippen molar-refractivity contribution in [1.82, 2.24) is 0 Å². The minimum absolute atomic E-state index is 0.156. The van der Waals surface area contributed by atoms with E-state index in [9.17, 15) is 4.79 Å². The molecule has 0 heterocycles. The maximum atomic E-state index is 12.0. The van der Waals surface area contributed by atoms with Crippen LogP contribution < -0.4 is 5.32 Å². The molecule has 0 spiro atoms. The molecule has 0 bridgehead atoms. The Morgan fingerprint density at radius 1 is 0.909 bits per heavy atom. The second kappa shape index (κ2) is 7.03. The molecule has 0 aliphatic carbocycles. The van der Waals surface area contributed by atoms with E-state index in [0.717, 1.165) is 0 Å². The molecule has 2 aromatic rings. The van der Waals surface area contributed by atoms with Crippen molar-refractivity contribution in [1.29, 1.82) is 0 Å². The normalized spacial score (nSPS) is 12.0. The van der Waals surface area contributed by atoms with Gasteiger partial charge in [-0.3, -0.25) is 4.79 Å². The van der Waals surface area contributed by atoms with Crippen LogP contribution in [0.5, 0.6) is 0 Å². The van der Waals surface area contributed by atoms with E-state index in [0.29, 0.717) is 16.8 Å². The highest BCUT2D eigenvalue weighted by Crippen LogP contribution is 2.13. The minimum atomic E-state index is -0.211. The molecule has 0 atom stereocenters. The molecule has 2 aromatic carbocycles. The summed E-state index contributed by atoms with van der Waals surface area (Å²) in [6.45, 7) is 1.51. The maximum Gasteiger partial charge on any atom is 0.255 e. The molecule has 0 unspecified atom stereocenters. The van der Waals surface area contributed by atoms with Gasteiger partial charge in [-0.15, -0.1) is 0 Å². The van der Waals surface area contributed by atoms with E-state index in [1.54, 1.807) is 48.5 Å². The summed E-state index contributed by atoms with van der Waals surface area (Å²) in [5.74, 6) is -0.211. The average Bonchev–Trinajstić information content (AvgIpc) is 2.57. The molecule has 112 valence electrons. The predicted molar refractivity (Wildman–Crippen MR) is 84.1 cm³/mol. The highest BCUT2D eigenvalue weighted by atomic mass is 16.4. The lowest BCUT2D eigenvalue weighted by atomic mass is 10.1. The lowest BCUT2D eigenvalue weighted by Gasteiger charge is -2.07. The number of rotatable bonds is 4. The molecule has 0 aliphatic heterocycles. The van der Waals surface area contributed by atoms with Gasteiger partial charge in [-0.05, 0) is 31.2 Å². The first-order valence-electron chi connectivity index (χ1n) is 6.53. The van der Waals surface area contributed by atoms with E-state index in [1.165, 1.54) is 6.92 Å². The molecule has 1 amide bonds. The van der Waals surface area contributed by atoms with Crippen molar-refractivity contribution in [2.45, 2.75) is 6.92 Å². The molecule has 6 nitrogen and oxygen atoms in total. The van der Waals surface area contributed by atoms with Crippen molar-refractivity contribution in [3.63, 3.8) is 0 Å². The lowest BCUT2D eigenvalue weighted by Crippen LogP contribution is -2.14. The van der Waals surface area contributed by atoms with E-state index in [2.05, 4.69) is 15.6 Å². The van der Waals surface area contributed by atoms with E-state index < -0.39 is 0 Å². The summed E-state index contributed by atoms with van der Waals surface area (Å²) in [6.07, 6.45) is 0. The van der Waals surface area contributed by atoms with Crippen LogP contribution >= 0.6 is 0 Å². The highest BCUT2D eigenvalue weighted by molar-refractivity contribution is 6.47. The number of amides is 1. The molecule has 0 radical (unpaired) electrons. The molecule has 0 aromatic heterocycles. The number of hydrogen-bond acceptors (Lipinski definition) is 5. The van der Waals surface area contributed by atoms with Gasteiger partial charge in [0.25, 0.3) is 5.91 Å². The number of anilines is 1. The summed E-state index contributed by atoms with van der Waals surface area (Å²) in [6, 6.07) is 15.5. The Morgan fingerprint density at radius 2 is 1.55 bits per heavy atom. The Bertz CT molecular complexity index is 707. The van der Waals surface area contributed by atoms with Crippen LogP contribution in [-0.4, -0.2) is 27.7 Å². The molecule has 22 heavy (non-hydrogen) atoms. The zero-order valence-electron chi connectivity index (χ0n) is 11.9. The molecule has 2 rings (SSSR count). The van der Waals surface area contributed by atoms with Gasteiger partial charge in [0.2, 0.25) is 0 Å². The molecular weight excluding hydrogens is 282 g/mol. The van der Waals surface area contributed by atoms with Crippen molar-refractivity contribution in [2.75, 3.05) is 5.32 Å². The lowest BCUT2D eigenvalue weighted by molar-refractivity contribution is 0.102. The fourth-order valence-corrected chi connectivity index (χ4v) is 1.89. The number of hydrogen-bond donors (Lipinski definition) is 3.